The monoisotopic (exact) mass is 337 g/mol. The van der Waals surface area contributed by atoms with Gasteiger partial charge in [0.25, 0.3) is 5.91 Å². The van der Waals surface area contributed by atoms with Crippen molar-refractivity contribution in [2.45, 2.75) is 6.92 Å². The Morgan fingerprint density at radius 3 is 2.95 bits per heavy atom. The first kappa shape index (κ1) is 14.6. The first-order valence-electron chi connectivity index (χ1n) is 6.35. The van der Waals surface area contributed by atoms with Crippen LogP contribution in [0.2, 0.25) is 5.02 Å². The molecular formula is C14H12ClN3OS2. The molecule has 1 saturated heterocycles. The molecule has 0 radical (unpaired) electrons. The first-order chi connectivity index (χ1) is 10.1. The average Bonchev–Trinajstić information content (AvgIpc) is 3.10. The van der Waals surface area contributed by atoms with E-state index < -0.39 is 0 Å². The van der Waals surface area contributed by atoms with Crippen LogP contribution in [-0.4, -0.2) is 33.3 Å². The van der Waals surface area contributed by atoms with E-state index in [0.29, 0.717) is 28.1 Å². The number of halogens is 1. The van der Waals surface area contributed by atoms with Gasteiger partial charge in [0.15, 0.2) is 5.17 Å². The Hall–Kier alpha value is -1.37. The van der Waals surface area contributed by atoms with E-state index in [0.717, 1.165) is 10.8 Å². The molecule has 0 bridgehead atoms. The zero-order valence-electron chi connectivity index (χ0n) is 11.2. The number of rotatable bonds is 2. The summed E-state index contributed by atoms with van der Waals surface area (Å²) in [5.74, 6) is 0.730. The second-order valence-electron chi connectivity index (χ2n) is 4.40. The number of hydrogen-bond acceptors (Lipinski definition) is 5. The Bertz CT molecular complexity index is 714. The topological polar surface area (TPSA) is 45.6 Å². The Balaban J connectivity index is 1.89. The summed E-state index contributed by atoms with van der Waals surface area (Å²) in [6.45, 7) is 2.53. The molecule has 1 aliphatic rings. The summed E-state index contributed by atoms with van der Waals surface area (Å²) < 4.78 is 0. The number of thiazole rings is 1. The maximum Gasteiger partial charge on any atom is 0.279 e. The number of thioether (sulfide) groups is 1. The summed E-state index contributed by atoms with van der Waals surface area (Å²) in [5.41, 5.74) is 1.16. The molecule has 7 heteroatoms. The lowest BCUT2D eigenvalue weighted by atomic mass is 10.3. The second-order valence-corrected chi connectivity index (χ2v) is 6.93. The van der Waals surface area contributed by atoms with Crippen molar-refractivity contribution in [3.8, 4) is 0 Å². The molecule has 1 aromatic heterocycles. The summed E-state index contributed by atoms with van der Waals surface area (Å²) in [6.07, 6.45) is 0. The molecule has 2 heterocycles. The highest BCUT2D eigenvalue weighted by Gasteiger charge is 2.28. The van der Waals surface area contributed by atoms with Crippen molar-refractivity contribution < 1.29 is 4.79 Å². The highest BCUT2D eigenvalue weighted by atomic mass is 35.5. The van der Waals surface area contributed by atoms with Crippen LogP contribution >= 0.6 is 34.7 Å². The van der Waals surface area contributed by atoms with Crippen LogP contribution in [0.15, 0.2) is 34.6 Å². The summed E-state index contributed by atoms with van der Waals surface area (Å²) >= 11 is 9.15. The fraction of sp³-hybridized carbons (Fsp3) is 0.214. The molecule has 0 saturated carbocycles. The van der Waals surface area contributed by atoms with E-state index in [1.165, 1.54) is 11.3 Å². The van der Waals surface area contributed by atoms with Crippen molar-refractivity contribution in [2.75, 3.05) is 12.3 Å². The van der Waals surface area contributed by atoms with Crippen LogP contribution in [0.3, 0.4) is 0 Å². The molecule has 0 atom stereocenters. The van der Waals surface area contributed by atoms with Crippen LogP contribution in [0.5, 0.6) is 0 Å². The lowest BCUT2D eigenvalue weighted by molar-refractivity contribution is 0.0854. The molecule has 2 aromatic rings. The molecule has 0 spiro atoms. The minimum Gasteiger partial charge on any atom is -0.285 e. The van der Waals surface area contributed by atoms with Crippen LogP contribution in [0.25, 0.3) is 0 Å². The highest BCUT2D eigenvalue weighted by molar-refractivity contribution is 8.14. The number of hydrogen-bond donors (Lipinski definition) is 0. The number of carbonyl (C=O) groups excluding carboxylic acids is 1. The van der Waals surface area contributed by atoms with E-state index in [1.807, 2.05) is 25.1 Å². The molecule has 0 aliphatic carbocycles. The van der Waals surface area contributed by atoms with Gasteiger partial charge in [0.05, 0.1) is 15.7 Å². The smallest absolute Gasteiger partial charge is 0.279 e. The number of aromatic nitrogens is 1. The number of amidine groups is 1. The molecule has 0 unspecified atom stereocenters. The minimum absolute atomic E-state index is 0.102. The van der Waals surface area contributed by atoms with E-state index in [4.69, 9.17) is 11.6 Å². The van der Waals surface area contributed by atoms with Crippen LogP contribution in [-0.2, 0) is 0 Å². The summed E-state index contributed by atoms with van der Waals surface area (Å²) in [6, 6.07) is 7.36. The average molecular weight is 338 g/mol. The Kier molecular flexibility index (Phi) is 4.28. The van der Waals surface area contributed by atoms with Gasteiger partial charge in [-0.3, -0.25) is 9.69 Å². The van der Waals surface area contributed by atoms with Gasteiger partial charge in [-0.25, -0.2) is 9.98 Å². The Morgan fingerprint density at radius 2 is 2.24 bits per heavy atom. The second kappa shape index (κ2) is 6.17. The van der Waals surface area contributed by atoms with Crippen molar-refractivity contribution in [1.82, 2.24) is 9.88 Å². The van der Waals surface area contributed by atoms with E-state index in [2.05, 4.69) is 9.98 Å². The van der Waals surface area contributed by atoms with Crippen molar-refractivity contribution in [3.05, 3.63) is 45.4 Å². The SMILES string of the molecule is Cc1nc(C(=O)N2CCSC2=Nc2ccccc2Cl)cs1. The summed E-state index contributed by atoms with van der Waals surface area (Å²) in [7, 11) is 0. The van der Waals surface area contributed by atoms with Gasteiger partial charge in [0.1, 0.15) is 5.69 Å². The Morgan fingerprint density at radius 1 is 1.43 bits per heavy atom. The fourth-order valence-electron chi connectivity index (χ4n) is 1.93. The van der Waals surface area contributed by atoms with Gasteiger partial charge < -0.3 is 0 Å². The van der Waals surface area contributed by atoms with Crippen LogP contribution in [0.1, 0.15) is 15.5 Å². The third-order valence-electron chi connectivity index (χ3n) is 2.93. The maximum atomic E-state index is 12.5. The van der Waals surface area contributed by atoms with Gasteiger partial charge >= 0.3 is 0 Å². The highest BCUT2D eigenvalue weighted by Crippen LogP contribution is 2.29. The van der Waals surface area contributed by atoms with Crippen molar-refractivity contribution in [1.29, 1.82) is 0 Å². The first-order valence-corrected chi connectivity index (χ1v) is 8.59. The zero-order chi connectivity index (χ0) is 14.8. The number of benzene rings is 1. The van der Waals surface area contributed by atoms with Crippen molar-refractivity contribution in [2.24, 2.45) is 4.99 Å². The fourth-order valence-corrected chi connectivity index (χ4v) is 3.64. The molecule has 21 heavy (non-hydrogen) atoms. The van der Waals surface area contributed by atoms with E-state index >= 15 is 0 Å². The van der Waals surface area contributed by atoms with E-state index in [9.17, 15) is 4.79 Å². The van der Waals surface area contributed by atoms with E-state index in [1.54, 1.807) is 28.1 Å². The van der Waals surface area contributed by atoms with Gasteiger partial charge in [-0.1, -0.05) is 35.5 Å². The molecule has 1 aliphatic heterocycles. The maximum absolute atomic E-state index is 12.5. The lowest BCUT2D eigenvalue weighted by Gasteiger charge is -2.14. The molecule has 3 rings (SSSR count). The summed E-state index contributed by atoms with van der Waals surface area (Å²) in [4.78, 5) is 22.9. The largest absolute Gasteiger partial charge is 0.285 e. The number of para-hydroxylation sites is 1. The van der Waals surface area contributed by atoms with Crippen molar-refractivity contribution >= 4 is 51.5 Å². The Labute approximate surface area is 135 Å². The minimum atomic E-state index is -0.102. The molecule has 4 nitrogen and oxygen atoms in total. The lowest BCUT2D eigenvalue weighted by Crippen LogP contribution is -2.31. The predicted molar refractivity (Wildman–Crippen MR) is 88.9 cm³/mol. The molecule has 1 fully saturated rings. The van der Waals surface area contributed by atoms with Gasteiger partial charge in [0.2, 0.25) is 0 Å². The van der Waals surface area contributed by atoms with Crippen molar-refractivity contribution in [3.63, 3.8) is 0 Å². The normalized spacial score (nSPS) is 16.7. The van der Waals surface area contributed by atoms with Gasteiger partial charge in [-0.2, -0.15) is 0 Å². The third-order valence-corrected chi connectivity index (χ3v) is 4.98. The molecule has 108 valence electrons. The van der Waals surface area contributed by atoms with Crippen LogP contribution in [0.4, 0.5) is 5.69 Å². The number of amides is 1. The van der Waals surface area contributed by atoms with E-state index in [-0.39, 0.29) is 5.91 Å². The standard InChI is InChI=1S/C14H12ClN3OS2/c1-9-16-12(8-21-9)13(19)18-6-7-20-14(18)17-11-5-3-2-4-10(11)15/h2-5,8H,6-7H2,1H3. The quantitative estimate of drug-likeness (QED) is 0.832. The molecular weight excluding hydrogens is 326 g/mol. The van der Waals surface area contributed by atoms with Crippen LogP contribution < -0.4 is 0 Å². The third kappa shape index (κ3) is 3.12. The predicted octanol–water partition coefficient (Wildman–Crippen LogP) is 3.98. The van der Waals surface area contributed by atoms with Crippen LogP contribution in [0, 0.1) is 6.92 Å². The zero-order valence-corrected chi connectivity index (χ0v) is 13.6. The molecule has 1 aromatic carbocycles. The van der Waals surface area contributed by atoms with Gasteiger partial charge in [-0.15, -0.1) is 11.3 Å². The summed E-state index contributed by atoms with van der Waals surface area (Å²) in [5, 5.41) is 3.93. The molecule has 1 amide bonds. The molecule has 0 N–H and O–H groups in total. The number of nitrogens with zero attached hydrogens (tertiary/aromatic N) is 3. The number of aryl methyl sites for hydroxylation is 1. The van der Waals surface area contributed by atoms with Gasteiger partial charge in [-0.05, 0) is 19.1 Å². The number of aliphatic imine (C=N–C) groups is 1. The number of carbonyl (C=O) groups is 1. The van der Waals surface area contributed by atoms with Gasteiger partial charge in [0, 0.05) is 17.7 Å².